The molecule has 1 N–H and O–H groups in total. The van der Waals surface area contributed by atoms with Gasteiger partial charge in [0.05, 0.1) is 5.69 Å². The molecule has 3 heteroatoms. The van der Waals surface area contributed by atoms with Crippen molar-refractivity contribution in [2.24, 2.45) is 0 Å². The second kappa shape index (κ2) is 4.85. The van der Waals surface area contributed by atoms with Crippen molar-refractivity contribution in [3.8, 4) is 0 Å². The highest BCUT2D eigenvalue weighted by Crippen LogP contribution is 2.17. The van der Waals surface area contributed by atoms with Crippen LogP contribution in [0.15, 0.2) is 18.2 Å². The fraction of sp³-hybridized carbons (Fsp3) is 0.538. The van der Waals surface area contributed by atoms with Crippen LogP contribution in [0.25, 0.3) is 0 Å². The Hall–Kier alpha value is -1.06. The summed E-state index contributed by atoms with van der Waals surface area (Å²) in [6, 6.07) is 6.55. The topological polar surface area (TPSA) is 18.5 Å². The number of rotatable bonds is 2. The summed E-state index contributed by atoms with van der Waals surface area (Å²) in [4.78, 5) is 2.36. The number of piperazine rings is 1. The molecule has 1 aromatic carbocycles. The zero-order valence-corrected chi connectivity index (χ0v) is 10.5. The number of benzene rings is 1. The second-order valence-electron chi connectivity index (χ2n) is 4.72. The molecule has 88 valence electrons. The molecule has 1 saturated heterocycles. The summed E-state index contributed by atoms with van der Waals surface area (Å²) >= 11 is 0. The van der Waals surface area contributed by atoms with Gasteiger partial charge in [0, 0.05) is 26.2 Å². The van der Waals surface area contributed by atoms with Crippen LogP contribution in [0.4, 0.5) is 5.69 Å². The van der Waals surface area contributed by atoms with Crippen LogP contribution < -0.4 is 5.43 Å². The first-order chi connectivity index (χ1) is 7.65. The van der Waals surface area contributed by atoms with Crippen LogP contribution in [0.5, 0.6) is 0 Å². The van der Waals surface area contributed by atoms with Crippen LogP contribution in [0, 0.1) is 13.8 Å². The molecule has 1 aromatic rings. The number of nitrogens with zero attached hydrogens (tertiary/aromatic N) is 2. The largest absolute Gasteiger partial charge is 0.319 e. The average molecular weight is 219 g/mol. The highest BCUT2D eigenvalue weighted by molar-refractivity contribution is 5.51. The van der Waals surface area contributed by atoms with Crippen LogP contribution in [-0.2, 0) is 0 Å². The lowest BCUT2D eigenvalue weighted by Gasteiger charge is -2.33. The molecule has 0 bridgehead atoms. The Morgan fingerprint density at radius 2 is 1.75 bits per heavy atom. The van der Waals surface area contributed by atoms with Gasteiger partial charge in [-0.15, -0.1) is 0 Å². The molecule has 1 fully saturated rings. The highest BCUT2D eigenvalue weighted by Gasteiger charge is 2.13. The molecule has 0 amide bonds. The zero-order chi connectivity index (χ0) is 11.5. The van der Waals surface area contributed by atoms with Crippen molar-refractivity contribution in [1.82, 2.24) is 9.91 Å². The van der Waals surface area contributed by atoms with Crippen molar-refractivity contribution < 1.29 is 0 Å². The van der Waals surface area contributed by atoms with E-state index in [1.54, 1.807) is 0 Å². The molecule has 1 aliphatic heterocycles. The second-order valence-corrected chi connectivity index (χ2v) is 4.72. The smallest absolute Gasteiger partial charge is 0.0519 e. The lowest BCUT2D eigenvalue weighted by atomic mass is 10.1. The minimum absolute atomic E-state index is 1.09. The van der Waals surface area contributed by atoms with Crippen LogP contribution >= 0.6 is 0 Å². The summed E-state index contributed by atoms with van der Waals surface area (Å²) in [7, 11) is 2.18. The summed E-state index contributed by atoms with van der Waals surface area (Å²) in [5, 5.41) is 2.30. The van der Waals surface area contributed by atoms with Gasteiger partial charge in [0.1, 0.15) is 0 Å². The van der Waals surface area contributed by atoms with Crippen LogP contribution in [0.3, 0.4) is 0 Å². The average Bonchev–Trinajstić information content (AvgIpc) is 2.25. The predicted octanol–water partition coefficient (Wildman–Crippen LogP) is 1.88. The van der Waals surface area contributed by atoms with Gasteiger partial charge in [0.2, 0.25) is 0 Å². The Bertz CT molecular complexity index is 354. The molecule has 0 radical (unpaired) electrons. The van der Waals surface area contributed by atoms with Gasteiger partial charge in [-0.2, -0.15) is 0 Å². The van der Waals surface area contributed by atoms with Gasteiger partial charge in [-0.1, -0.05) is 17.7 Å². The maximum Gasteiger partial charge on any atom is 0.0519 e. The highest BCUT2D eigenvalue weighted by atomic mass is 15.5. The molecule has 2 rings (SSSR count). The number of hydrazine groups is 1. The summed E-state index contributed by atoms with van der Waals surface area (Å²) in [6.07, 6.45) is 0. The van der Waals surface area contributed by atoms with Crippen molar-refractivity contribution in [3.05, 3.63) is 29.3 Å². The van der Waals surface area contributed by atoms with E-state index in [4.69, 9.17) is 0 Å². The number of nitrogens with one attached hydrogen (secondary N) is 1. The van der Waals surface area contributed by atoms with E-state index in [1.807, 2.05) is 0 Å². The first kappa shape index (κ1) is 11.4. The van der Waals surface area contributed by atoms with Crippen molar-refractivity contribution in [1.29, 1.82) is 0 Å². The van der Waals surface area contributed by atoms with Gasteiger partial charge in [0.15, 0.2) is 0 Å². The number of anilines is 1. The van der Waals surface area contributed by atoms with Gasteiger partial charge in [-0.05, 0) is 32.5 Å². The Morgan fingerprint density at radius 1 is 1.06 bits per heavy atom. The quantitative estimate of drug-likeness (QED) is 0.819. The Morgan fingerprint density at radius 3 is 2.38 bits per heavy atom. The third kappa shape index (κ3) is 2.74. The maximum atomic E-state index is 3.50. The summed E-state index contributed by atoms with van der Waals surface area (Å²) in [6.45, 7) is 8.74. The number of aryl methyl sites for hydroxylation is 2. The van der Waals surface area contributed by atoms with Crippen LogP contribution in [-0.4, -0.2) is 43.1 Å². The van der Waals surface area contributed by atoms with Crippen LogP contribution in [0.2, 0.25) is 0 Å². The molecular weight excluding hydrogens is 198 g/mol. The SMILES string of the molecule is Cc1ccc(NN2CCN(C)CC2)c(C)c1. The number of likely N-dealkylation sites (N-methyl/N-ethyl adjacent to an activating group) is 1. The van der Waals surface area contributed by atoms with Gasteiger partial charge >= 0.3 is 0 Å². The third-order valence-corrected chi connectivity index (χ3v) is 3.16. The number of hydrogen-bond donors (Lipinski definition) is 1. The predicted molar refractivity (Wildman–Crippen MR) is 68.6 cm³/mol. The molecular formula is C13H21N3. The van der Waals surface area contributed by atoms with E-state index in [0.717, 1.165) is 26.2 Å². The lowest BCUT2D eigenvalue weighted by Crippen LogP contribution is -2.47. The Labute approximate surface area is 98.0 Å². The first-order valence-electron chi connectivity index (χ1n) is 5.92. The minimum Gasteiger partial charge on any atom is -0.319 e. The third-order valence-electron chi connectivity index (χ3n) is 3.16. The molecule has 0 spiro atoms. The van der Waals surface area contributed by atoms with Gasteiger partial charge in [-0.3, -0.25) is 0 Å². The maximum absolute atomic E-state index is 3.50. The summed E-state index contributed by atoms with van der Waals surface area (Å²) in [5.74, 6) is 0. The Balaban J connectivity index is 1.98. The van der Waals surface area contributed by atoms with E-state index >= 15 is 0 Å². The van der Waals surface area contributed by atoms with Crippen molar-refractivity contribution in [2.45, 2.75) is 13.8 Å². The Kier molecular flexibility index (Phi) is 3.46. The van der Waals surface area contributed by atoms with Crippen molar-refractivity contribution >= 4 is 5.69 Å². The van der Waals surface area contributed by atoms with Gasteiger partial charge in [0.25, 0.3) is 0 Å². The normalized spacial score (nSPS) is 18.7. The fourth-order valence-electron chi connectivity index (χ4n) is 2.03. The molecule has 0 atom stereocenters. The molecule has 1 heterocycles. The van der Waals surface area contributed by atoms with E-state index in [-0.39, 0.29) is 0 Å². The number of hydrogen-bond acceptors (Lipinski definition) is 3. The van der Waals surface area contributed by atoms with E-state index in [9.17, 15) is 0 Å². The molecule has 1 aliphatic rings. The summed E-state index contributed by atoms with van der Waals surface area (Å²) < 4.78 is 0. The van der Waals surface area contributed by atoms with Gasteiger partial charge < -0.3 is 10.3 Å². The van der Waals surface area contributed by atoms with Crippen molar-refractivity contribution in [2.75, 3.05) is 38.7 Å². The van der Waals surface area contributed by atoms with E-state index < -0.39 is 0 Å². The van der Waals surface area contributed by atoms with E-state index in [1.165, 1.54) is 16.8 Å². The summed E-state index contributed by atoms with van der Waals surface area (Å²) in [5.41, 5.74) is 7.37. The lowest BCUT2D eigenvalue weighted by molar-refractivity contribution is 0.179. The first-order valence-corrected chi connectivity index (χ1v) is 5.92. The molecule has 0 aromatic heterocycles. The fourth-order valence-corrected chi connectivity index (χ4v) is 2.03. The van der Waals surface area contributed by atoms with E-state index in [2.05, 4.69) is 54.4 Å². The molecule has 3 nitrogen and oxygen atoms in total. The molecule has 0 saturated carbocycles. The molecule has 0 unspecified atom stereocenters. The molecule has 0 aliphatic carbocycles. The van der Waals surface area contributed by atoms with Crippen LogP contribution in [0.1, 0.15) is 11.1 Å². The standard InChI is InChI=1S/C13H21N3/c1-11-4-5-13(12(2)10-11)14-16-8-6-15(3)7-9-16/h4-5,10,14H,6-9H2,1-3H3. The monoisotopic (exact) mass is 219 g/mol. The minimum atomic E-state index is 1.09. The zero-order valence-electron chi connectivity index (χ0n) is 10.5. The van der Waals surface area contributed by atoms with Crippen molar-refractivity contribution in [3.63, 3.8) is 0 Å². The van der Waals surface area contributed by atoms with Gasteiger partial charge in [-0.25, -0.2) is 5.01 Å². The molecule has 16 heavy (non-hydrogen) atoms. The van der Waals surface area contributed by atoms with E-state index in [0.29, 0.717) is 0 Å².